The number of imidazole rings is 1. The lowest BCUT2D eigenvalue weighted by atomic mass is 9.73. The van der Waals surface area contributed by atoms with Crippen molar-refractivity contribution in [1.82, 2.24) is 19.8 Å². The third kappa shape index (κ3) is 7.67. The highest BCUT2D eigenvalue weighted by Crippen LogP contribution is 2.39. The molecule has 0 aliphatic carbocycles. The lowest BCUT2D eigenvalue weighted by molar-refractivity contribution is -0.148. The van der Waals surface area contributed by atoms with E-state index in [1.165, 1.54) is 6.07 Å². The summed E-state index contributed by atoms with van der Waals surface area (Å²) < 4.78 is 27.5. The minimum Gasteiger partial charge on any atom is -0.444 e. The first kappa shape index (κ1) is 31.7. The Bertz CT molecular complexity index is 1440. The molecule has 2 atom stereocenters. The second-order valence-corrected chi connectivity index (χ2v) is 13.3. The van der Waals surface area contributed by atoms with Gasteiger partial charge >= 0.3 is 12.1 Å². The number of fused-ring (bicyclic) bond motifs is 3. The number of rotatable bonds is 11. The standard InChI is InChI=1S/C35H45FN4O4/c1-25(39-19-8-9-20-39)22-35(32(41)43-28-11-6-5-7-12-28,17-10-18-37-33(42)44-34(2,3)4)23-29-31-15-13-26-21-27(36)14-16-30(26)40(31)24-38-29/h5-7,11-12,14,16,21,24-25H,8-10,13,15,17-20,22-23H2,1-4H3,(H,37,42)/t25?,35-/m0/s1. The minimum absolute atomic E-state index is 0.154. The second kappa shape index (κ2) is 13.5. The maximum absolute atomic E-state index is 14.4. The number of carbonyl (C=O) groups excluding carboxylic acids is 2. The van der Waals surface area contributed by atoms with Crippen molar-refractivity contribution in [2.75, 3.05) is 19.6 Å². The minimum atomic E-state index is -0.897. The molecular formula is C35H45FN4O4. The highest BCUT2D eigenvalue weighted by Gasteiger charge is 2.44. The third-order valence-corrected chi connectivity index (χ3v) is 8.73. The molecule has 0 saturated carbocycles. The Morgan fingerprint density at radius 3 is 2.55 bits per heavy atom. The van der Waals surface area contributed by atoms with Crippen molar-refractivity contribution in [2.24, 2.45) is 5.41 Å². The highest BCUT2D eigenvalue weighted by molar-refractivity contribution is 5.79. The summed E-state index contributed by atoms with van der Waals surface area (Å²) in [5.74, 6) is -0.0245. The van der Waals surface area contributed by atoms with Crippen molar-refractivity contribution in [2.45, 2.75) is 90.7 Å². The molecule has 1 saturated heterocycles. The zero-order valence-corrected chi connectivity index (χ0v) is 26.4. The van der Waals surface area contributed by atoms with Crippen LogP contribution >= 0.6 is 0 Å². The molecule has 5 rings (SSSR count). The first-order chi connectivity index (χ1) is 21.0. The molecule has 1 N–H and O–H groups in total. The first-order valence-electron chi connectivity index (χ1n) is 15.9. The topological polar surface area (TPSA) is 85.7 Å². The summed E-state index contributed by atoms with van der Waals surface area (Å²) >= 11 is 0. The highest BCUT2D eigenvalue weighted by atomic mass is 19.1. The molecule has 8 nitrogen and oxygen atoms in total. The van der Waals surface area contributed by atoms with Crippen LogP contribution in [-0.2, 0) is 28.8 Å². The van der Waals surface area contributed by atoms with Crippen molar-refractivity contribution >= 4 is 12.1 Å². The Morgan fingerprint density at radius 2 is 1.82 bits per heavy atom. The van der Waals surface area contributed by atoms with E-state index in [0.29, 0.717) is 50.8 Å². The van der Waals surface area contributed by atoms with Gasteiger partial charge in [-0.3, -0.25) is 4.79 Å². The number of hydrogen-bond acceptors (Lipinski definition) is 6. The number of carbonyl (C=O) groups is 2. The van der Waals surface area contributed by atoms with Crippen LogP contribution in [0.5, 0.6) is 5.75 Å². The number of benzene rings is 2. The fraction of sp³-hybridized carbons (Fsp3) is 0.514. The number of halogens is 1. The Morgan fingerprint density at radius 1 is 1.07 bits per heavy atom. The van der Waals surface area contributed by atoms with E-state index < -0.39 is 17.1 Å². The number of alkyl carbamates (subject to hydrolysis) is 1. The molecule has 0 radical (unpaired) electrons. The molecule has 0 bridgehead atoms. The molecule has 2 aliphatic heterocycles. The molecule has 236 valence electrons. The number of nitrogens with zero attached hydrogens (tertiary/aromatic N) is 3. The number of nitrogens with one attached hydrogen (secondary N) is 1. The second-order valence-electron chi connectivity index (χ2n) is 13.3. The average molecular weight is 605 g/mol. The summed E-state index contributed by atoms with van der Waals surface area (Å²) in [6, 6.07) is 14.2. The molecule has 2 aliphatic rings. The molecule has 9 heteroatoms. The van der Waals surface area contributed by atoms with Crippen LogP contribution in [0, 0.1) is 11.2 Å². The predicted molar refractivity (Wildman–Crippen MR) is 168 cm³/mol. The van der Waals surface area contributed by atoms with Gasteiger partial charge in [0.2, 0.25) is 0 Å². The number of para-hydroxylation sites is 1. The van der Waals surface area contributed by atoms with Crippen molar-refractivity contribution in [3.05, 3.63) is 77.6 Å². The molecule has 0 spiro atoms. The molecule has 1 amide bonds. The quantitative estimate of drug-likeness (QED) is 0.154. The van der Waals surface area contributed by atoms with E-state index in [1.807, 2.05) is 43.5 Å². The maximum Gasteiger partial charge on any atom is 0.407 e. The molecule has 1 fully saturated rings. The number of amides is 1. The van der Waals surface area contributed by atoms with E-state index in [0.717, 1.165) is 48.6 Å². The maximum atomic E-state index is 14.4. The summed E-state index contributed by atoms with van der Waals surface area (Å²) in [5, 5.41) is 2.86. The first-order valence-corrected chi connectivity index (χ1v) is 15.9. The van der Waals surface area contributed by atoms with Gasteiger partial charge in [-0.05, 0) is 122 Å². The summed E-state index contributed by atoms with van der Waals surface area (Å²) in [7, 11) is 0. The van der Waals surface area contributed by atoms with Crippen LogP contribution in [0.1, 0.15) is 76.8 Å². The molecule has 3 heterocycles. The Labute approximate surface area is 259 Å². The fourth-order valence-corrected chi connectivity index (χ4v) is 6.63. The lowest BCUT2D eigenvalue weighted by Crippen LogP contribution is -2.44. The van der Waals surface area contributed by atoms with E-state index in [2.05, 4.69) is 17.1 Å². The monoisotopic (exact) mass is 604 g/mol. The van der Waals surface area contributed by atoms with Crippen molar-refractivity contribution in [3.8, 4) is 11.4 Å². The molecule has 1 unspecified atom stereocenters. The van der Waals surface area contributed by atoms with Crippen LogP contribution in [0.15, 0.2) is 54.9 Å². The van der Waals surface area contributed by atoms with Gasteiger partial charge in [0.05, 0.1) is 23.1 Å². The van der Waals surface area contributed by atoms with Gasteiger partial charge in [0.25, 0.3) is 0 Å². The van der Waals surface area contributed by atoms with Crippen molar-refractivity contribution in [3.63, 3.8) is 0 Å². The number of likely N-dealkylation sites (tertiary alicyclic amines) is 1. The van der Waals surface area contributed by atoms with Gasteiger partial charge in [-0.1, -0.05) is 18.2 Å². The predicted octanol–water partition coefficient (Wildman–Crippen LogP) is 6.42. The molecule has 3 aromatic rings. The number of aryl methyl sites for hydroxylation is 1. The number of aromatic nitrogens is 2. The number of esters is 1. The summed E-state index contributed by atoms with van der Waals surface area (Å²) in [5.41, 5.74) is 2.29. The van der Waals surface area contributed by atoms with Crippen LogP contribution in [0.25, 0.3) is 5.69 Å². The van der Waals surface area contributed by atoms with E-state index in [-0.39, 0.29) is 17.8 Å². The summed E-state index contributed by atoms with van der Waals surface area (Å²) in [6.07, 6.45) is 7.10. The van der Waals surface area contributed by atoms with Crippen LogP contribution in [0.2, 0.25) is 0 Å². The van der Waals surface area contributed by atoms with Crippen molar-refractivity contribution in [1.29, 1.82) is 0 Å². The Hall–Kier alpha value is -3.72. The largest absolute Gasteiger partial charge is 0.444 e. The molecule has 1 aromatic heterocycles. The SMILES string of the molecule is CC(C[C@@](CCCNC(=O)OC(C)(C)C)(Cc1ncn2c1CCc1cc(F)ccc1-2)C(=O)Oc1ccccc1)N1CCCC1. The smallest absolute Gasteiger partial charge is 0.407 e. The lowest BCUT2D eigenvalue weighted by Gasteiger charge is -2.37. The normalized spacial score (nSPS) is 16.8. The van der Waals surface area contributed by atoms with E-state index in [9.17, 15) is 14.0 Å². The number of ether oxygens (including phenoxy) is 2. The van der Waals surface area contributed by atoms with Crippen molar-refractivity contribution < 1.29 is 23.5 Å². The average Bonchev–Trinajstić information content (AvgIpc) is 3.65. The summed E-state index contributed by atoms with van der Waals surface area (Å²) in [6.45, 7) is 10.1. The molecule has 2 aromatic carbocycles. The Kier molecular flexibility index (Phi) is 9.73. The van der Waals surface area contributed by atoms with E-state index in [1.54, 1.807) is 30.6 Å². The van der Waals surface area contributed by atoms with Gasteiger partial charge in [-0.2, -0.15) is 0 Å². The zero-order valence-electron chi connectivity index (χ0n) is 26.4. The fourth-order valence-electron chi connectivity index (χ4n) is 6.63. The van der Waals surface area contributed by atoms with Crippen LogP contribution < -0.4 is 10.1 Å². The Balaban J connectivity index is 1.46. The number of hydrogen-bond donors (Lipinski definition) is 1. The van der Waals surface area contributed by atoms with Crippen LogP contribution in [0.4, 0.5) is 9.18 Å². The van der Waals surface area contributed by atoms with Gasteiger partial charge in [0.1, 0.15) is 17.2 Å². The molecular weight excluding hydrogens is 559 g/mol. The molecule has 44 heavy (non-hydrogen) atoms. The zero-order chi connectivity index (χ0) is 31.3. The van der Waals surface area contributed by atoms with Gasteiger partial charge in [-0.25, -0.2) is 14.2 Å². The summed E-state index contributed by atoms with van der Waals surface area (Å²) in [4.78, 5) is 34.1. The van der Waals surface area contributed by atoms with Crippen LogP contribution in [0.3, 0.4) is 0 Å². The third-order valence-electron chi connectivity index (χ3n) is 8.73. The van der Waals surface area contributed by atoms with Gasteiger partial charge < -0.3 is 24.3 Å². The van der Waals surface area contributed by atoms with E-state index >= 15 is 0 Å². The van der Waals surface area contributed by atoms with E-state index in [4.69, 9.17) is 14.5 Å². The van der Waals surface area contributed by atoms with Crippen LogP contribution in [-0.4, -0.2) is 57.8 Å². The van der Waals surface area contributed by atoms with Gasteiger partial charge in [-0.15, -0.1) is 0 Å². The van der Waals surface area contributed by atoms with Gasteiger partial charge in [0, 0.05) is 24.7 Å². The van der Waals surface area contributed by atoms with Gasteiger partial charge in [0.15, 0.2) is 0 Å².